The Morgan fingerprint density at radius 2 is 1.97 bits per heavy atom. The summed E-state index contributed by atoms with van der Waals surface area (Å²) in [7, 11) is -3.42. The number of carbonyl (C=O) groups excluding carboxylic acids is 1. The second-order valence-electron chi connectivity index (χ2n) is 6.49. The number of halogens is 1. The Balaban J connectivity index is 1.86. The highest BCUT2D eigenvalue weighted by molar-refractivity contribution is 14.1. The average Bonchev–Trinajstić information content (AvgIpc) is 2.75. The van der Waals surface area contributed by atoms with Crippen LogP contribution in [0.2, 0.25) is 0 Å². The van der Waals surface area contributed by atoms with Gasteiger partial charge in [-0.1, -0.05) is 35.5 Å². The SMILES string of the molecule is Cc1c(I)cccc1S(=O)(=O)C/C=C/c1ccc(C(=O)NCCOCCN=[N+]=[N-])cc1. The van der Waals surface area contributed by atoms with Gasteiger partial charge in [0.25, 0.3) is 5.91 Å². The third-order valence-electron chi connectivity index (χ3n) is 4.28. The van der Waals surface area contributed by atoms with Crippen molar-refractivity contribution in [3.63, 3.8) is 0 Å². The second kappa shape index (κ2) is 12.5. The van der Waals surface area contributed by atoms with E-state index in [2.05, 4.69) is 37.9 Å². The minimum atomic E-state index is -3.42. The number of rotatable bonds is 11. The Morgan fingerprint density at radius 1 is 1.23 bits per heavy atom. The van der Waals surface area contributed by atoms with Crippen LogP contribution in [0.15, 0.2) is 58.6 Å². The maximum absolute atomic E-state index is 12.6. The molecule has 0 saturated carbocycles. The van der Waals surface area contributed by atoms with Gasteiger partial charge in [-0.3, -0.25) is 4.79 Å². The summed E-state index contributed by atoms with van der Waals surface area (Å²) in [6, 6.07) is 12.1. The highest BCUT2D eigenvalue weighted by Gasteiger charge is 2.16. The number of nitrogens with zero attached hydrogens (tertiary/aromatic N) is 3. The Kier molecular flexibility index (Phi) is 9.99. The molecule has 0 atom stereocenters. The Hall–Kier alpha value is -2.40. The zero-order chi connectivity index (χ0) is 22.7. The fraction of sp³-hybridized carbons (Fsp3) is 0.286. The number of amides is 1. The minimum absolute atomic E-state index is 0.101. The van der Waals surface area contributed by atoms with Crippen molar-refractivity contribution in [2.45, 2.75) is 11.8 Å². The zero-order valence-electron chi connectivity index (χ0n) is 17.0. The van der Waals surface area contributed by atoms with Gasteiger partial charge in [-0.25, -0.2) is 8.42 Å². The van der Waals surface area contributed by atoms with Crippen LogP contribution in [-0.2, 0) is 14.6 Å². The first-order chi connectivity index (χ1) is 14.8. The van der Waals surface area contributed by atoms with Crippen LogP contribution in [0.4, 0.5) is 0 Å². The van der Waals surface area contributed by atoms with Crippen LogP contribution >= 0.6 is 22.6 Å². The van der Waals surface area contributed by atoms with E-state index in [1.54, 1.807) is 55.5 Å². The van der Waals surface area contributed by atoms with Crippen LogP contribution in [0.5, 0.6) is 0 Å². The fourth-order valence-electron chi connectivity index (χ4n) is 2.66. The molecule has 1 amide bonds. The number of sulfone groups is 1. The normalized spacial score (nSPS) is 11.3. The van der Waals surface area contributed by atoms with Crippen molar-refractivity contribution >= 4 is 44.4 Å². The highest BCUT2D eigenvalue weighted by Crippen LogP contribution is 2.21. The van der Waals surface area contributed by atoms with Gasteiger partial charge in [0.1, 0.15) is 0 Å². The molecule has 31 heavy (non-hydrogen) atoms. The number of carbonyl (C=O) groups is 1. The van der Waals surface area contributed by atoms with Gasteiger partial charge in [-0.2, -0.15) is 0 Å². The van der Waals surface area contributed by atoms with Crippen LogP contribution in [0.1, 0.15) is 21.5 Å². The van der Waals surface area contributed by atoms with Gasteiger partial charge < -0.3 is 10.1 Å². The quantitative estimate of drug-likeness (QED) is 0.148. The average molecular weight is 554 g/mol. The van der Waals surface area contributed by atoms with Crippen LogP contribution in [0.3, 0.4) is 0 Å². The summed E-state index contributed by atoms with van der Waals surface area (Å²) in [6.07, 6.45) is 3.33. The van der Waals surface area contributed by atoms with Crippen molar-refractivity contribution in [3.05, 3.63) is 79.2 Å². The zero-order valence-corrected chi connectivity index (χ0v) is 20.0. The van der Waals surface area contributed by atoms with E-state index in [0.717, 1.165) is 14.7 Å². The summed E-state index contributed by atoms with van der Waals surface area (Å²) in [5.41, 5.74) is 10.2. The molecular weight excluding hydrogens is 531 g/mol. The van der Waals surface area contributed by atoms with Gasteiger partial charge in [0.05, 0.1) is 23.9 Å². The monoisotopic (exact) mass is 554 g/mol. The molecule has 0 radical (unpaired) electrons. The molecular formula is C21H23IN4O4S. The lowest BCUT2D eigenvalue weighted by atomic mass is 10.1. The first kappa shape index (κ1) is 24.9. The second-order valence-corrected chi connectivity index (χ2v) is 9.66. The molecule has 2 rings (SSSR count). The molecule has 1 N–H and O–H groups in total. The molecule has 0 saturated heterocycles. The molecule has 0 aromatic heterocycles. The molecule has 0 aliphatic rings. The maximum Gasteiger partial charge on any atom is 0.251 e. The first-order valence-electron chi connectivity index (χ1n) is 9.46. The minimum Gasteiger partial charge on any atom is -0.379 e. The third kappa shape index (κ3) is 7.98. The van der Waals surface area contributed by atoms with Crippen molar-refractivity contribution in [1.82, 2.24) is 5.32 Å². The largest absolute Gasteiger partial charge is 0.379 e. The van der Waals surface area contributed by atoms with E-state index in [9.17, 15) is 13.2 Å². The molecule has 0 bridgehead atoms. The van der Waals surface area contributed by atoms with Gasteiger partial charge in [-0.05, 0) is 70.4 Å². The van der Waals surface area contributed by atoms with E-state index in [0.29, 0.717) is 30.2 Å². The van der Waals surface area contributed by atoms with Crippen LogP contribution in [0, 0.1) is 10.5 Å². The van der Waals surface area contributed by atoms with E-state index in [-0.39, 0.29) is 18.2 Å². The van der Waals surface area contributed by atoms with Gasteiger partial charge in [0, 0.05) is 27.1 Å². The number of hydrogen-bond acceptors (Lipinski definition) is 5. The maximum atomic E-state index is 12.6. The van der Waals surface area contributed by atoms with E-state index in [1.807, 2.05) is 6.07 Å². The summed E-state index contributed by atoms with van der Waals surface area (Å²) in [5, 5.41) is 6.08. The van der Waals surface area contributed by atoms with Gasteiger partial charge in [-0.15, -0.1) is 0 Å². The molecule has 0 heterocycles. The van der Waals surface area contributed by atoms with Crippen LogP contribution in [-0.4, -0.2) is 46.4 Å². The highest BCUT2D eigenvalue weighted by atomic mass is 127. The van der Waals surface area contributed by atoms with E-state index in [4.69, 9.17) is 10.3 Å². The smallest absolute Gasteiger partial charge is 0.251 e. The fourth-order valence-corrected chi connectivity index (χ4v) is 4.73. The van der Waals surface area contributed by atoms with E-state index < -0.39 is 9.84 Å². The Morgan fingerprint density at radius 3 is 2.68 bits per heavy atom. The van der Waals surface area contributed by atoms with Gasteiger partial charge in [0.15, 0.2) is 9.84 Å². The molecule has 2 aromatic carbocycles. The van der Waals surface area contributed by atoms with Crippen molar-refractivity contribution < 1.29 is 17.9 Å². The molecule has 8 nitrogen and oxygen atoms in total. The summed E-state index contributed by atoms with van der Waals surface area (Å²) in [6.45, 7) is 3.02. The number of nitrogens with one attached hydrogen (secondary N) is 1. The molecule has 10 heteroatoms. The van der Waals surface area contributed by atoms with E-state index >= 15 is 0 Å². The molecule has 164 valence electrons. The standard InChI is InChI=1S/C21H23IN4O4S/c1-16-19(22)5-2-6-20(16)31(28,29)15-3-4-17-7-9-18(10-8-17)21(27)24-11-13-30-14-12-25-26-23/h2-10H,11-15H2,1H3,(H,24,27)/b4-3+. The van der Waals surface area contributed by atoms with Crippen LogP contribution in [0.25, 0.3) is 16.5 Å². The lowest BCUT2D eigenvalue weighted by molar-refractivity contribution is 0.0920. The number of hydrogen-bond donors (Lipinski definition) is 1. The summed E-state index contributed by atoms with van der Waals surface area (Å²) < 4.78 is 31.3. The molecule has 0 aliphatic heterocycles. The lowest BCUT2D eigenvalue weighted by Crippen LogP contribution is -2.27. The predicted octanol–water partition coefficient (Wildman–Crippen LogP) is 4.14. The molecule has 0 spiro atoms. The van der Waals surface area contributed by atoms with Crippen LogP contribution < -0.4 is 5.32 Å². The summed E-state index contributed by atoms with van der Waals surface area (Å²) in [4.78, 5) is 15.1. The summed E-state index contributed by atoms with van der Waals surface area (Å²) >= 11 is 2.12. The molecule has 0 aliphatic carbocycles. The van der Waals surface area contributed by atoms with Gasteiger partial charge in [0.2, 0.25) is 0 Å². The Labute approximate surface area is 195 Å². The Bertz CT molecular complexity index is 1080. The molecule has 0 fully saturated rings. The summed E-state index contributed by atoms with van der Waals surface area (Å²) in [5.74, 6) is -0.332. The topological polar surface area (TPSA) is 121 Å². The lowest BCUT2D eigenvalue weighted by Gasteiger charge is -2.07. The van der Waals surface area contributed by atoms with Crippen molar-refractivity contribution in [3.8, 4) is 0 Å². The van der Waals surface area contributed by atoms with E-state index in [1.165, 1.54) is 0 Å². The molecule has 2 aromatic rings. The predicted molar refractivity (Wildman–Crippen MR) is 129 cm³/mol. The van der Waals surface area contributed by atoms with Gasteiger partial charge >= 0.3 is 0 Å². The number of ether oxygens (including phenoxy) is 1. The third-order valence-corrected chi connectivity index (χ3v) is 7.20. The van der Waals surface area contributed by atoms with Crippen molar-refractivity contribution in [1.29, 1.82) is 0 Å². The first-order valence-corrected chi connectivity index (χ1v) is 12.2. The number of azide groups is 1. The van der Waals surface area contributed by atoms with Crippen molar-refractivity contribution in [2.75, 3.05) is 32.1 Å². The number of benzene rings is 2. The van der Waals surface area contributed by atoms with Crippen molar-refractivity contribution in [2.24, 2.45) is 5.11 Å². The molecule has 0 unspecified atom stereocenters.